The van der Waals surface area contributed by atoms with Gasteiger partial charge in [0.1, 0.15) is 6.10 Å². The van der Waals surface area contributed by atoms with E-state index < -0.39 is 23.3 Å². The molecule has 0 bridgehead atoms. The van der Waals surface area contributed by atoms with Crippen LogP contribution in [0.5, 0.6) is 0 Å². The van der Waals surface area contributed by atoms with Crippen molar-refractivity contribution in [1.82, 2.24) is 0 Å². The maximum Gasteiger partial charge on any atom is 0.335 e. The van der Waals surface area contributed by atoms with Crippen molar-refractivity contribution in [2.75, 3.05) is 0 Å². The van der Waals surface area contributed by atoms with Crippen LogP contribution in [0, 0.1) is 62.6 Å². The van der Waals surface area contributed by atoms with Crippen LogP contribution < -0.4 is 0 Å². The molecule has 5 fully saturated rings. The summed E-state index contributed by atoms with van der Waals surface area (Å²) in [7, 11) is 0. The number of aromatic carboxylic acids is 1. The van der Waals surface area contributed by atoms with Gasteiger partial charge in [-0.15, -0.1) is 0 Å². The van der Waals surface area contributed by atoms with Gasteiger partial charge in [0.05, 0.1) is 17.4 Å². The minimum absolute atomic E-state index is 0.111. The van der Waals surface area contributed by atoms with Crippen LogP contribution in [-0.4, -0.2) is 34.2 Å². The van der Waals surface area contributed by atoms with Crippen molar-refractivity contribution >= 4 is 17.9 Å². The zero-order valence-electron chi connectivity index (χ0n) is 31.3. The lowest BCUT2D eigenvalue weighted by Gasteiger charge is -2.69. The molecule has 2 N–H and O–H groups in total. The van der Waals surface area contributed by atoms with Gasteiger partial charge in [0, 0.05) is 5.41 Å². The summed E-state index contributed by atoms with van der Waals surface area (Å²) < 4.78 is 6.16. The monoisotopic (exact) mass is 674 g/mol. The minimum atomic E-state index is -1.14. The highest BCUT2D eigenvalue weighted by Crippen LogP contribution is 2.74. The average molecular weight is 675 g/mol. The number of rotatable bonds is 9. The Kier molecular flexibility index (Phi) is 9.26. The van der Waals surface area contributed by atoms with E-state index in [1.165, 1.54) is 50.5 Å². The highest BCUT2D eigenvalue weighted by atomic mass is 16.5. The Morgan fingerprint density at radius 2 is 1.55 bits per heavy atom. The first kappa shape index (κ1) is 36.2. The normalized spacial score (nSPS) is 39.4. The number of esters is 1. The smallest absolute Gasteiger partial charge is 0.335 e. The number of carbonyl (C=O) groups is 3. The number of carboxylic acids is 2. The lowest BCUT2D eigenvalue weighted by molar-refractivity contribution is -0.223. The van der Waals surface area contributed by atoms with E-state index in [9.17, 15) is 24.6 Å². The van der Waals surface area contributed by atoms with Crippen molar-refractivity contribution in [2.45, 2.75) is 138 Å². The van der Waals surface area contributed by atoms with Crippen molar-refractivity contribution in [1.29, 1.82) is 0 Å². The highest BCUT2D eigenvalue weighted by Gasteiger charge is 2.67. The standard InChI is InChI=1S/C43H62O6/c1-26(2)28-16-23-43(22-15-27-11-9-10-12-29(27)37(45)46)24-17-31-30(36(28)43)13-14-33-41(31,7)20-18-32-40(5,6)34(19-21-42(32,33)8)49-35(44)25-39(3,4)38(47)48/h9-12,28,30-34,36H,1,13-25H2,2-8H3,(H,45,46)(H,47,48)/t28-,30?,31?,32?,33?,34-,36?,41-,42-,43+/m0/s1. The number of carbonyl (C=O) groups excluding carboxylic acids is 1. The summed E-state index contributed by atoms with van der Waals surface area (Å²) in [6, 6.07) is 7.60. The lowest BCUT2D eigenvalue weighted by atomic mass is 9.36. The maximum absolute atomic E-state index is 13.0. The Morgan fingerprint density at radius 3 is 2.22 bits per heavy atom. The molecule has 1 aromatic rings. The number of aryl methyl sites for hydroxylation is 1. The summed E-state index contributed by atoms with van der Waals surface area (Å²) in [6.45, 7) is 19.8. The van der Waals surface area contributed by atoms with E-state index in [1.807, 2.05) is 18.2 Å². The van der Waals surface area contributed by atoms with Crippen LogP contribution in [0.2, 0.25) is 0 Å². The molecule has 0 amide bonds. The van der Waals surface area contributed by atoms with E-state index in [0.717, 1.165) is 37.7 Å². The van der Waals surface area contributed by atoms with Crippen molar-refractivity contribution in [3.63, 3.8) is 0 Å². The molecule has 5 aliphatic rings. The first-order valence-electron chi connectivity index (χ1n) is 19.3. The quantitative estimate of drug-likeness (QED) is 0.200. The molecule has 6 nitrogen and oxygen atoms in total. The molecule has 5 unspecified atom stereocenters. The Hall–Kier alpha value is -2.63. The number of hydrogen-bond donors (Lipinski definition) is 2. The maximum atomic E-state index is 13.0. The fourth-order valence-corrected chi connectivity index (χ4v) is 13.5. The second-order valence-corrected chi connectivity index (χ2v) is 19.1. The SMILES string of the molecule is C=C(C)[C@@H]1CC[C@]2(CCc3ccccc3C(=O)O)CCC3C(CCC4[C@@]3(C)CCC3C(C)(C)[C@@H](OC(=O)CC(C)(C)C(=O)O)CC[C@@]34C)C12. The molecule has 10 atom stereocenters. The van der Waals surface area contributed by atoms with Gasteiger partial charge in [-0.2, -0.15) is 0 Å². The predicted octanol–water partition coefficient (Wildman–Crippen LogP) is 10.00. The van der Waals surface area contributed by atoms with Crippen molar-refractivity contribution in [2.24, 2.45) is 62.6 Å². The first-order valence-corrected chi connectivity index (χ1v) is 19.3. The molecule has 0 radical (unpaired) electrons. The Bertz CT molecular complexity index is 1490. The number of carboxylic acid groups (broad SMARTS) is 2. The summed E-state index contributed by atoms with van der Waals surface area (Å²) in [5, 5.41) is 19.5. The van der Waals surface area contributed by atoms with Crippen molar-refractivity contribution in [3.8, 4) is 0 Å². The van der Waals surface area contributed by atoms with Gasteiger partial charge in [0.2, 0.25) is 0 Å². The molecule has 5 saturated carbocycles. The Balaban J connectivity index is 1.23. The number of benzene rings is 1. The van der Waals surface area contributed by atoms with Gasteiger partial charge in [0.15, 0.2) is 0 Å². The van der Waals surface area contributed by atoms with Gasteiger partial charge in [-0.3, -0.25) is 9.59 Å². The van der Waals surface area contributed by atoms with E-state index in [1.54, 1.807) is 19.9 Å². The summed E-state index contributed by atoms with van der Waals surface area (Å²) >= 11 is 0. The van der Waals surface area contributed by atoms with E-state index in [4.69, 9.17) is 4.74 Å². The molecule has 1 aromatic carbocycles. The summed E-state index contributed by atoms with van der Waals surface area (Å²) in [5.74, 6) is 1.40. The lowest BCUT2D eigenvalue weighted by Crippen LogP contribution is -2.63. The third-order valence-corrected chi connectivity index (χ3v) is 15.9. The van der Waals surface area contributed by atoms with Gasteiger partial charge >= 0.3 is 17.9 Å². The molecule has 49 heavy (non-hydrogen) atoms. The van der Waals surface area contributed by atoms with E-state index in [-0.39, 0.29) is 34.2 Å². The predicted molar refractivity (Wildman–Crippen MR) is 192 cm³/mol. The van der Waals surface area contributed by atoms with E-state index >= 15 is 0 Å². The molecule has 0 saturated heterocycles. The Labute approximate surface area is 294 Å². The second kappa shape index (κ2) is 12.5. The largest absolute Gasteiger partial charge is 0.481 e. The molecule has 0 aliphatic heterocycles. The third-order valence-electron chi connectivity index (χ3n) is 15.9. The molecule has 6 rings (SSSR count). The zero-order valence-corrected chi connectivity index (χ0v) is 31.3. The van der Waals surface area contributed by atoms with E-state index in [2.05, 4.69) is 41.2 Å². The number of ether oxygens (including phenoxy) is 1. The molecule has 0 spiro atoms. The molecule has 270 valence electrons. The van der Waals surface area contributed by atoms with Crippen molar-refractivity contribution in [3.05, 3.63) is 47.5 Å². The van der Waals surface area contributed by atoms with Crippen LogP contribution >= 0.6 is 0 Å². The van der Waals surface area contributed by atoms with Gasteiger partial charge in [-0.1, -0.05) is 58.0 Å². The van der Waals surface area contributed by atoms with Gasteiger partial charge < -0.3 is 14.9 Å². The zero-order chi connectivity index (χ0) is 35.7. The van der Waals surface area contributed by atoms with Crippen LogP contribution in [-0.2, 0) is 20.7 Å². The second-order valence-electron chi connectivity index (χ2n) is 19.1. The number of hydrogen-bond acceptors (Lipinski definition) is 4. The molecule has 6 heteroatoms. The van der Waals surface area contributed by atoms with Crippen LogP contribution in [0.15, 0.2) is 36.4 Å². The first-order chi connectivity index (χ1) is 22.9. The summed E-state index contributed by atoms with van der Waals surface area (Å²) in [6.07, 6.45) is 13.3. The summed E-state index contributed by atoms with van der Waals surface area (Å²) in [4.78, 5) is 36.8. The minimum Gasteiger partial charge on any atom is -0.481 e. The van der Waals surface area contributed by atoms with Crippen LogP contribution in [0.25, 0.3) is 0 Å². The molecule has 0 aromatic heterocycles. The third kappa shape index (κ3) is 5.89. The van der Waals surface area contributed by atoms with Crippen LogP contribution in [0.1, 0.15) is 141 Å². The Morgan fingerprint density at radius 1 is 0.878 bits per heavy atom. The molecular weight excluding hydrogens is 612 g/mol. The topological polar surface area (TPSA) is 101 Å². The van der Waals surface area contributed by atoms with Crippen LogP contribution in [0.3, 0.4) is 0 Å². The average Bonchev–Trinajstić information content (AvgIpc) is 3.42. The fraction of sp³-hybridized carbons (Fsp3) is 0.744. The van der Waals surface area contributed by atoms with Gasteiger partial charge in [0.25, 0.3) is 0 Å². The molecular formula is C43H62O6. The number of aliphatic carboxylic acids is 1. The van der Waals surface area contributed by atoms with Crippen LogP contribution in [0.4, 0.5) is 0 Å². The number of allylic oxidation sites excluding steroid dienone is 1. The van der Waals surface area contributed by atoms with Gasteiger partial charge in [-0.25, -0.2) is 4.79 Å². The molecule has 5 aliphatic carbocycles. The number of fused-ring (bicyclic) bond motifs is 7. The van der Waals surface area contributed by atoms with Gasteiger partial charge in [-0.05, 0) is 161 Å². The summed E-state index contributed by atoms with van der Waals surface area (Å²) in [5.41, 5.74) is 2.13. The highest BCUT2D eigenvalue weighted by molar-refractivity contribution is 5.89. The fourth-order valence-electron chi connectivity index (χ4n) is 13.5. The van der Waals surface area contributed by atoms with Crippen molar-refractivity contribution < 1.29 is 29.3 Å². The molecule has 0 heterocycles. The van der Waals surface area contributed by atoms with E-state index in [0.29, 0.717) is 41.1 Å².